The highest BCUT2D eigenvalue weighted by Gasteiger charge is 2.30. The van der Waals surface area contributed by atoms with Crippen LogP contribution in [0, 0.1) is 25.6 Å². The second-order valence-corrected chi connectivity index (χ2v) is 7.58. The largest absolute Gasteiger partial charge is 0.493 e. The van der Waals surface area contributed by atoms with Crippen molar-refractivity contribution in [3.63, 3.8) is 0 Å². The Balaban J connectivity index is 0.00000240. The summed E-state index contributed by atoms with van der Waals surface area (Å²) in [7, 11) is 0. The number of likely N-dealkylation sites (tertiary alicyclic amines) is 1. The van der Waals surface area contributed by atoms with Crippen molar-refractivity contribution >= 4 is 13.5 Å². The molecule has 1 saturated heterocycles. The Hall–Kier alpha value is -2.06. The molecule has 0 saturated carbocycles. The summed E-state index contributed by atoms with van der Waals surface area (Å²) in [6.45, 7) is 9.16. The zero-order valence-corrected chi connectivity index (χ0v) is 18.1. The van der Waals surface area contributed by atoms with E-state index in [1.165, 1.54) is 6.07 Å². The normalized spacial score (nSPS) is 19.5. The monoisotopic (exact) mass is 421 g/mol. The molecule has 2 atom stereocenters. The van der Waals surface area contributed by atoms with Crippen molar-refractivity contribution in [3.8, 4) is 17.4 Å². The molecule has 2 aliphatic heterocycles. The summed E-state index contributed by atoms with van der Waals surface area (Å²) < 4.78 is 31.5. The van der Waals surface area contributed by atoms with Gasteiger partial charge in [-0.05, 0) is 33.7 Å². The number of halogens is 1. The molecule has 0 amide bonds. The van der Waals surface area contributed by atoms with Gasteiger partial charge in [-0.1, -0.05) is 0 Å². The second-order valence-electron chi connectivity index (χ2n) is 7.58. The van der Waals surface area contributed by atoms with Gasteiger partial charge in [0.2, 0.25) is 0 Å². The Kier molecular flexibility index (Phi) is 6.85. The number of rotatable bonds is 5. The van der Waals surface area contributed by atoms with Gasteiger partial charge in [-0.25, -0.2) is 9.37 Å². The summed E-state index contributed by atoms with van der Waals surface area (Å²) >= 11 is 0. The highest BCUT2D eigenvalue weighted by molar-refractivity contribution is 7.59. The van der Waals surface area contributed by atoms with Crippen molar-refractivity contribution < 1.29 is 18.6 Å². The predicted molar refractivity (Wildman–Crippen MR) is 113 cm³/mol. The topological polar surface area (TPSA) is 56.7 Å². The van der Waals surface area contributed by atoms with Crippen LogP contribution in [0.5, 0.6) is 17.4 Å². The second kappa shape index (κ2) is 9.17. The number of pyridine rings is 2. The predicted octanol–water partition coefficient (Wildman–Crippen LogP) is 3.58. The lowest BCUT2D eigenvalue weighted by Crippen LogP contribution is -2.27. The molecule has 158 valence electrons. The Labute approximate surface area is 177 Å². The first-order chi connectivity index (χ1) is 13.5. The number of hydrogen-bond donors (Lipinski definition) is 0. The first-order valence-corrected chi connectivity index (χ1v) is 9.78. The fourth-order valence-corrected chi connectivity index (χ4v) is 3.88. The van der Waals surface area contributed by atoms with Gasteiger partial charge in [0.1, 0.15) is 24.8 Å². The molecule has 2 aliphatic rings. The van der Waals surface area contributed by atoms with Gasteiger partial charge in [0, 0.05) is 42.0 Å². The van der Waals surface area contributed by atoms with E-state index in [-0.39, 0.29) is 25.4 Å². The van der Waals surface area contributed by atoms with Gasteiger partial charge in [0.25, 0.3) is 5.88 Å². The molecule has 0 N–H and O–H groups in total. The molecule has 8 heteroatoms. The maximum Gasteiger partial charge on any atom is 0.257 e. The highest BCUT2D eigenvalue weighted by Crippen LogP contribution is 2.34. The summed E-state index contributed by atoms with van der Waals surface area (Å²) in [6.07, 6.45) is 1.01. The summed E-state index contributed by atoms with van der Waals surface area (Å²) in [6, 6.07) is 5.16. The molecule has 6 nitrogen and oxygen atoms in total. The van der Waals surface area contributed by atoms with E-state index in [1.54, 1.807) is 0 Å². The van der Waals surface area contributed by atoms with Crippen LogP contribution in [0.2, 0.25) is 0 Å². The van der Waals surface area contributed by atoms with Crippen LogP contribution in [0.15, 0.2) is 18.2 Å². The first kappa shape index (κ1) is 21.6. The zero-order chi connectivity index (χ0) is 19.7. The minimum absolute atomic E-state index is 0. The summed E-state index contributed by atoms with van der Waals surface area (Å²) in [4.78, 5) is 11.0. The van der Waals surface area contributed by atoms with E-state index in [4.69, 9.17) is 14.2 Å². The van der Waals surface area contributed by atoms with E-state index in [1.807, 2.05) is 32.9 Å². The van der Waals surface area contributed by atoms with E-state index in [0.29, 0.717) is 43.1 Å². The Morgan fingerprint density at radius 2 is 1.90 bits per heavy atom. The van der Waals surface area contributed by atoms with Crippen molar-refractivity contribution in [1.29, 1.82) is 0 Å². The molecule has 0 bridgehead atoms. The van der Waals surface area contributed by atoms with E-state index >= 15 is 0 Å². The van der Waals surface area contributed by atoms with Gasteiger partial charge >= 0.3 is 0 Å². The maximum atomic E-state index is 14.6. The van der Waals surface area contributed by atoms with Gasteiger partial charge in [-0.2, -0.15) is 13.5 Å². The maximum absolute atomic E-state index is 14.6. The number of aromatic nitrogens is 2. The quantitative estimate of drug-likeness (QED) is 0.736. The molecular formula is C21H28FN3O3S. The van der Waals surface area contributed by atoms with Crippen LogP contribution >= 0.6 is 13.5 Å². The third kappa shape index (κ3) is 4.93. The summed E-state index contributed by atoms with van der Waals surface area (Å²) in [5.41, 5.74) is 2.32. The van der Waals surface area contributed by atoms with E-state index < -0.39 is 0 Å². The number of ether oxygens (including phenoxy) is 3. The fourth-order valence-electron chi connectivity index (χ4n) is 3.88. The van der Waals surface area contributed by atoms with Crippen molar-refractivity contribution in [2.45, 2.75) is 33.2 Å². The van der Waals surface area contributed by atoms with Gasteiger partial charge < -0.3 is 14.2 Å². The number of fused-ring (bicyclic) bond motifs is 1. The van der Waals surface area contributed by atoms with Crippen molar-refractivity contribution in [1.82, 2.24) is 14.9 Å². The molecule has 0 spiro atoms. The molecule has 0 radical (unpaired) electrons. The lowest BCUT2D eigenvalue weighted by molar-refractivity contribution is 0.159. The lowest BCUT2D eigenvalue weighted by Gasteiger charge is -2.26. The van der Waals surface area contributed by atoms with Crippen molar-refractivity contribution in [3.05, 3.63) is 41.1 Å². The average Bonchev–Trinajstić information content (AvgIpc) is 3.13. The average molecular weight is 422 g/mol. The molecule has 2 aromatic heterocycles. The Morgan fingerprint density at radius 3 is 2.66 bits per heavy atom. The molecule has 2 aromatic rings. The van der Waals surface area contributed by atoms with Crippen LogP contribution in [-0.4, -0.2) is 47.8 Å². The van der Waals surface area contributed by atoms with Gasteiger partial charge in [-0.15, -0.1) is 0 Å². The molecule has 1 fully saturated rings. The van der Waals surface area contributed by atoms with Crippen LogP contribution in [-0.2, 0) is 0 Å². The third-order valence-corrected chi connectivity index (χ3v) is 5.32. The molecular weight excluding hydrogens is 393 g/mol. The number of aryl methyl sites for hydroxylation is 2. The van der Waals surface area contributed by atoms with E-state index in [9.17, 15) is 4.39 Å². The van der Waals surface area contributed by atoms with Crippen LogP contribution < -0.4 is 14.2 Å². The lowest BCUT2D eigenvalue weighted by atomic mass is 10.1. The van der Waals surface area contributed by atoms with Crippen molar-refractivity contribution in [2.24, 2.45) is 5.92 Å². The molecule has 0 aromatic carbocycles. The summed E-state index contributed by atoms with van der Waals surface area (Å²) in [5, 5.41) is 0. The zero-order valence-electron chi connectivity index (χ0n) is 17.1. The third-order valence-electron chi connectivity index (χ3n) is 5.32. The van der Waals surface area contributed by atoms with Crippen LogP contribution in [0.25, 0.3) is 0 Å². The van der Waals surface area contributed by atoms with E-state index in [2.05, 4.69) is 14.9 Å². The van der Waals surface area contributed by atoms with Gasteiger partial charge in [0.05, 0.1) is 18.3 Å². The first-order valence-electron chi connectivity index (χ1n) is 9.78. The van der Waals surface area contributed by atoms with E-state index in [0.717, 1.165) is 36.6 Å². The summed E-state index contributed by atoms with van der Waals surface area (Å²) in [5.74, 6) is 1.68. The van der Waals surface area contributed by atoms with Gasteiger partial charge in [0.15, 0.2) is 5.75 Å². The minimum atomic E-state index is -0.348. The molecule has 0 aliphatic carbocycles. The Morgan fingerprint density at radius 1 is 1.17 bits per heavy atom. The standard InChI is InChI=1S/C21H26FN3O3.H2S/c1-13-8-17(9-14(2)23-13)28-12-16-4-5-25(11-16)15(3)20-18(22)10-19-21(24-20)27-7-6-26-19;/h8-10,15-16H,4-7,11-12H2,1-3H3;1H2/t15?,16-;/m0./s1. The smallest absolute Gasteiger partial charge is 0.257 e. The minimum Gasteiger partial charge on any atom is -0.493 e. The van der Waals surface area contributed by atoms with Gasteiger partial charge in [-0.3, -0.25) is 9.88 Å². The highest BCUT2D eigenvalue weighted by atomic mass is 32.1. The Bertz CT molecular complexity index is 847. The SMILES string of the molecule is Cc1cc(OC[C@H]2CCN(C(C)c3nc4c(cc3F)OCCO4)C2)cc(C)n1.S. The number of hydrogen-bond acceptors (Lipinski definition) is 6. The van der Waals surface area contributed by atoms with Crippen LogP contribution in [0.1, 0.15) is 36.5 Å². The van der Waals surface area contributed by atoms with Crippen LogP contribution in [0.4, 0.5) is 4.39 Å². The van der Waals surface area contributed by atoms with Crippen molar-refractivity contribution in [2.75, 3.05) is 32.9 Å². The fraction of sp³-hybridized carbons (Fsp3) is 0.524. The van der Waals surface area contributed by atoms with Crippen LogP contribution in [0.3, 0.4) is 0 Å². The number of nitrogens with zero attached hydrogens (tertiary/aromatic N) is 3. The molecule has 4 heterocycles. The molecule has 1 unspecified atom stereocenters. The molecule has 29 heavy (non-hydrogen) atoms. The molecule has 4 rings (SSSR count).